The lowest BCUT2D eigenvalue weighted by Gasteiger charge is -2.06. The van der Waals surface area contributed by atoms with E-state index in [0.717, 1.165) is 30.0 Å². The van der Waals surface area contributed by atoms with Gasteiger partial charge in [-0.3, -0.25) is 4.68 Å². The van der Waals surface area contributed by atoms with Gasteiger partial charge >= 0.3 is 0 Å². The van der Waals surface area contributed by atoms with Crippen LogP contribution in [0.25, 0.3) is 5.57 Å². The molecule has 1 aliphatic rings. The van der Waals surface area contributed by atoms with Crippen molar-refractivity contribution < 1.29 is 0 Å². The maximum Gasteiger partial charge on any atom is 0.0778 e. The molecule has 4 heteroatoms. The fourth-order valence-corrected chi connectivity index (χ4v) is 2.56. The summed E-state index contributed by atoms with van der Waals surface area (Å²) < 4.78 is 3.12. The molecule has 94 valence electrons. The number of hydrogen-bond acceptors (Lipinski definition) is 2. The molecule has 0 spiro atoms. The molecule has 1 aromatic heterocycles. The van der Waals surface area contributed by atoms with Crippen LogP contribution in [-0.2, 0) is 6.54 Å². The molecule has 1 aromatic rings. The molecule has 0 saturated heterocycles. The van der Waals surface area contributed by atoms with E-state index in [9.17, 15) is 0 Å². The predicted octanol–water partition coefficient (Wildman–Crippen LogP) is 3.21. The second-order valence-electron chi connectivity index (χ2n) is 4.56. The van der Waals surface area contributed by atoms with Crippen molar-refractivity contribution in [2.24, 2.45) is 0 Å². The lowest BCUT2D eigenvalue weighted by Crippen LogP contribution is -2.16. The number of nitrogens with one attached hydrogen (secondary N) is 1. The van der Waals surface area contributed by atoms with E-state index in [1.54, 1.807) is 0 Å². The van der Waals surface area contributed by atoms with Crippen molar-refractivity contribution in [2.45, 2.75) is 45.7 Å². The van der Waals surface area contributed by atoms with Crippen LogP contribution in [0.15, 0.2) is 16.7 Å². The van der Waals surface area contributed by atoms with Gasteiger partial charge in [0.25, 0.3) is 0 Å². The summed E-state index contributed by atoms with van der Waals surface area (Å²) >= 11 is 3.56. The third kappa shape index (κ3) is 3.42. The van der Waals surface area contributed by atoms with E-state index < -0.39 is 0 Å². The Kier molecular flexibility index (Phi) is 4.40. The average molecular weight is 298 g/mol. The summed E-state index contributed by atoms with van der Waals surface area (Å²) in [4.78, 5) is 0. The third-order valence-electron chi connectivity index (χ3n) is 3.07. The Morgan fingerprint density at radius 1 is 1.65 bits per heavy atom. The Bertz CT molecular complexity index is 405. The van der Waals surface area contributed by atoms with E-state index in [-0.39, 0.29) is 0 Å². The first-order valence-corrected chi connectivity index (χ1v) is 7.13. The summed E-state index contributed by atoms with van der Waals surface area (Å²) in [5.74, 6) is 0. The first kappa shape index (κ1) is 12.8. The maximum atomic E-state index is 4.34. The molecular formula is C13H20BrN3. The van der Waals surface area contributed by atoms with Gasteiger partial charge in [-0.1, -0.05) is 6.08 Å². The highest BCUT2D eigenvalue weighted by atomic mass is 79.9. The van der Waals surface area contributed by atoms with Gasteiger partial charge in [0, 0.05) is 12.6 Å². The molecule has 0 atom stereocenters. The zero-order valence-corrected chi connectivity index (χ0v) is 12.1. The van der Waals surface area contributed by atoms with Crippen LogP contribution in [-0.4, -0.2) is 22.4 Å². The first-order chi connectivity index (χ1) is 8.22. The highest BCUT2D eigenvalue weighted by molar-refractivity contribution is 9.10. The number of nitrogens with zero attached hydrogens (tertiary/aromatic N) is 2. The van der Waals surface area contributed by atoms with E-state index in [4.69, 9.17) is 0 Å². The van der Waals surface area contributed by atoms with Gasteiger partial charge in [0.2, 0.25) is 0 Å². The molecule has 17 heavy (non-hydrogen) atoms. The minimum absolute atomic E-state index is 0.802. The minimum atomic E-state index is 0.802. The number of aryl methyl sites for hydroxylation is 1. The van der Waals surface area contributed by atoms with Gasteiger partial charge in [-0.15, -0.1) is 0 Å². The van der Waals surface area contributed by atoms with Crippen molar-refractivity contribution >= 4 is 21.5 Å². The Hall–Kier alpha value is -0.610. The summed E-state index contributed by atoms with van der Waals surface area (Å²) in [7, 11) is 0. The number of hydrogen-bond donors (Lipinski definition) is 1. The van der Waals surface area contributed by atoms with Gasteiger partial charge in [0.05, 0.1) is 16.4 Å². The average Bonchev–Trinajstić information content (AvgIpc) is 3.06. The first-order valence-electron chi connectivity index (χ1n) is 6.34. The summed E-state index contributed by atoms with van der Waals surface area (Å²) in [5, 5.41) is 7.86. The number of allylic oxidation sites excluding steroid dienone is 1. The Morgan fingerprint density at radius 3 is 3.06 bits per heavy atom. The van der Waals surface area contributed by atoms with Crippen LogP contribution < -0.4 is 5.32 Å². The molecule has 3 nitrogen and oxygen atoms in total. The zero-order valence-electron chi connectivity index (χ0n) is 10.5. The van der Waals surface area contributed by atoms with Gasteiger partial charge < -0.3 is 5.32 Å². The van der Waals surface area contributed by atoms with Gasteiger partial charge in [0.1, 0.15) is 0 Å². The van der Waals surface area contributed by atoms with Crippen LogP contribution in [0, 0.1) is 0 Å². The second-order valence-corrected chi connectivity index (χ2v) is 5.42. The molecule has 0 amide bonds. The van der Waals surface area contributed by atoms with E-state index in [1.807, 2.05) is 10.9 Å². The van der Waals surface area contributed by atoms with Gasteiger partial charge in [-0.2, -0.15) is 5.10 Å². The van der Waals surface area contributed by atoms with Crippen LogP contribution in [0.1, 0.15) is 38.8 Å². The van der Waals surface area contributed by atoms with Crippen LogP contribution in [0.3, 0.4) is 0 Å². The van der Waals surface area contributed by atoms with Crippen molar-refractivity contribution in [3.05, 3.63) is 22.4 Å². The summed E-state index contributed by atoms with van der Waals surface area (Å²) in [5.41, 5.74) is 2.51. The van der Waals surface area contributed by atoms with Gasteiger partial charge in [-0.25, -0.2) is 0 Å². The van der Waals surface area contributed by atoms with Crippen molar-refractivity contribution in [3.63, 3.8) is 0 Å². The molecule has 1 heterocycles. The minimum Gasteiger partial charge on any atom is -0.314 e. The molecule has 0 aromatic carbocycles. The van der Waals surface area contributed by atoms with E-state index >= 15 is 0 Å². The van der Waals surface area contributed by atoms with E-state index in [2.05, 4.69) is 46.3 Å². The third-order valence-corrected chi connectivity index (χ3v) is 3.65. The Labute approximate surface area is 111 Å². The van der Waals surface area contributed by atoms with Crippen LogP contribution in [0.2, 0.25) is 0 Å². The van der Waals surface area contributed by atoms with Crippen molar-refractivity contribution in [2.75, 3.05) is 6.54 Å². The summed E-state index contributed by atoms with van der Waals surface area (Å²) in [6.45, 7) is 6.27. The van der Waals surface area contributed by atoms with Crippen LogP contribution in [0.4, 0.5) is 0 Å². The maximum absolute atomic E-state index is 4.34. The molecule has 0 radical (unpaired) electrons. The van der Waals surface area contributed by atoms with E-state index in [0.29, 0.717) is 0 Å². The number of halogens is 1. The molecule has 1 N–H and O–H groups in total. The van der Waals surface area contributed by atoms with Crippen molar-refractivity contribution in [1.29, 1.82) is 0 Å². The predicted molar refractivity (Wildman–Crippen MR) is 74.9 cm³/mol. The largest absolute Gasteiger partial charge is 0.314 e. The van der Waals surface area contributed by atoms with E-state index in [1.165, 1.54) is 24.1 Å². The van der Waals surface area contributed by atoms with Gasteiger partial charge in [0.15, 0.2) is 0 Å². The molecule has 0 unspecified atom stereocenters. The highest BCUT2D eigenvalue weighted by Gasteiger charge is 2.19. The highest BCUT2D eigenvalue weighted by Crippen LogP contribution is 2.24. The standard InChI is InChI=1S/C13H20BrN3/c1-3-17-13(12(14)9-16-17)10(2)5-4-8-15-11-6-7-11/h5,9,11,15H,3-4,6-8H2,1-2H3. The topological polar surface area (TPSA) is 29.9 Å². The van der Waals surface area contributed by atoms with Crippen molar-refractivity contribution in [3.8, 4) is 0 Å². The fraction of sp³-hybridized carbons (Fsp3) is 0.615. The second kappa shape index (κ2) is 5.83. The molecule has 0 bridgehead atoms. The number of rotatable bonds is 6. The Balaban J connectivity index is 1.93. The molecule has 1 fully saturated rings. The molecule has 1 aliphatic carbocycles. The quantitative estimate of drug-likeness (QED) is 0.817. The lowest BCUT2D eigenvalue weighted by atomic mass is 10.2. The molecular weight excluding hydrogens is 278 g/mol. The van der Waals surface area contributed by atoms with Crippen molar-refractivity contribution in [1.82, 2.24) is 15.1 Å². The fourth-order valence-electron chi connectivity index (χ4n) is 1.95. The molecule has 2 rings (SSSR count). The molecule has 0 aliphatic heterocycles. The van der Waals surface area contributed by atoms with Gasteiger partial charge in [-0.05, 0) is 61.2 Å². The lowest BCUT2D eigenvalue weighted by molar-refractivity contribution is 0.650. The summed E-state index contributed by atoms with van der Waals surface area (Å²) in [6.07, 6.45) is 7.97. The SMILES string of the molecule is CCn1ncc(Br)c1C(C)=CCCNC1CC1. The monoisotopic (exact) mass is 297 g/mol. The number of aromatic nitrogens is 2. The Morgan fingerprint density at radius 2 is 2.41 bits per heavy atom. The summed E-state index contributed by atoms with van der Waals surface area (Å²) in [6, 6.07) is 0.802. The normalized spacial score (nSPS) is 16.5. The van der Waals surface area contributed by atoms with Crippen LogP contribution in [0.5, 0.6) is 0 Å². The smallest absolute Gasteiger partial charge is 0.0778 e. The van der Waals surface area contributed by atoms with Crippen LogP contribution >= 0.6 is 15.9 Å². The molecule has 1 saturated carbocycles. The zero-order chi connectivity index (χ0) is 12.3.